The van der Waals surface area contributed by atoms with Crippen LogP contribution < -0.4 is 5.32 Å². The molecule has 3 nitrogen and oxygen atoms in total. The molecule has 1 aromatic rings. The van der Waals surface area contributed by atoms with Gasteiger partial charge in [0.1, 0.15) is 0 Å². The first-order chi connectivity index (χ1) is 8.49. The third-order valence-electron chi connectivity index (χ3n) is 2.93. The van der Waals surface area contributed by atoms with Gasteiger partial charge in [-0.25, -0.2) is 0 Å². The predicted octanol–water partition coefficient (Wildman–Crippen LogP) is 3.62. The van der Waals surface area contributed by atoms with Crippen LogP contribution in [-0.2, 0) is 10.2 Å². The normalized spacial score (nSPS) is 10.8. The molecule has 0 aromatic heterocycles. The first-order valence-electron chi connectivity index (χ1n) is 6.31. The summed E-state index contributed by atoms with van der Waals surface area (Å²) in [6.45, 7) is 5.82. The van der Waals surface area contributed by atoms with Gasteiger partial charge in [0.15, 0.2) is 0 Å². The van der Waals surface area contributed by atoms with E-state index in [1.54, 1.807) is 0 Å². The first-order valence-corrected chi connectivity index (χ1v) is 6.31. The lowest BCUT2D eigenvalue weighted by Gasteiger charge is -2.16. The SMILES string of the molecule is CCCCC(=O)Nc1ccc(C(C)(C)C#N)cc1. The summed E-state index contributed by atoms with van der Waals surface area (Å²) >= 11 is 0. The second-order valence-electron chi connectivity index (χ2n) is 4.97. The van der Waals surface area contributed by atoms with Gasteiger partial charge in [0.2, 0.25) is 5.91 Å². The van der Waals surface area contributed by atoms with Crippen LogP contribution in [-0.4, -0.2) is 5.91 Å². The highest BCUT2D eigenvalue weighted by Gasteiger charge is 2.19. The molecule has 18 heavy (non-hydrogen) atoms. The maximum Gasteiger partial charge on any atom is 0.224 e. The van der Waals surface area contributed by atoms with Crippen molar-refractivity contribution in [3.05, 3.63) is 29.8 Å². The Hall–Kier alpha value is -1.82. The number of nitrogens with one attached hydrogen (secondary N) is 1. The van der Waals surface area contributed by atoms with E-state index in [1.165, 1.54) is 0 Å². The molecular weight excluding hydrogens is 224 g/mol. The van der Waals surface area contributed by atoms with Gasteiger partial charge in [-0.05, 0) is 38.0 Å². The van der Waals surface area contributed by atoms with E-state index in [0.717, 1.165) is 24.1 Å². The van der Waals surface area contributed by atoms with E-state index >= 15 is 0 Å². The molecule has 1 amide bonds. The number of carbonyl (C=O) groups is 1. The van der Waals surface area contributed by atoms with E-state index in [-0.39, 0.29) is 5.91 Å². The number of hydrogen-bond donors (Lipinski definition) is 1. The van der Waals surface area contributed by atoms with Crippen LogP contribution in [0.2, 0.25) is 0 Å². The van der Waals surface area contributed by atoms with Crippen LogP contribution in [0.1, 0.15) is 45.6 Å². The van der Waals surface area contributed by atoms with Gasteiger partial charge in [-0.2, -0.15) is 5.26 Å². The van der Waals surface area contributed by atoms with Crippen molar-refractivity contribution < 1.29 is 4.79 Å². The summed E-state index contributed by atoms with van der Waals surface area (Å²) in [7, 11) is 0. The summed E-state index contributed by atoms with van der Waals surface area (Å²) in [5.74, 6) is 0.0455. The van der Waals surface area contributed by atoms with Crippen molar-refractivity contribution in [1.82, 2.24) is 0 Å². The molecule has 0 aliphatic carbocycles. The summed E-state index contributed by atoms with van der Waals surface area (Å²) in [5.41, 5.74) is 1.25. The third kappa shape index (κ3) is 3.89. The predicted molar refractivity (Wildman–Crippen MR) is 73.2 cm³/mol. The van der Waals surface area contributed by atoms with Crippen LogP contribution in [0.4, 0.5) is 5.69 Å². The molecule has 0 radical (unpaired) electrons. The molecule has 0 saturated heterocycles. The molecule has 0 atom stereocenters. The Morgan fingerprint density at radius 2 is 1.94 bits per heavy atom. The van der Waals surface area contributed by atoms with E-state index in [9.17, 15) is 4.79 Å². The lowest BCUT2D eigenvalue weighted by atomic mass is 9.86. The molecule has 1 N–H and O–H groups in total. The fraction of sp³-hybridized carbons (Fsp3) is 0.467. The molecule has 0 heterocycles. The number of amides is 1. The number of benzene rings is 1. The van der Waals surface area contributed by atoms with E-state index in [4.69, 9.17) is 5.26 Å². The molecule has 0 spiro atoms. The molecule has 0 unspecified atom stereocenters. The van der Waals surface area contributed by atoms with Crippen LogP contribution in [0.25, 0.3) is 0 Å². The molecule has 96 valence electrons. The van der Waals surface area contributed by atoms with Gasteiger partial charge in [-0.15, -0.1) is 0 Å². The smallest absolute Gasteiger partial charge is 0.224 e. The minimum absolute atomic E-state index is 0.0455. The van der Waals surface area contributed by atoms with Gasteiger partial charge in [0, 0.05) is 12.1 Å². The summed E-state index contributed by atoms with van der Waals surface area (Å²) in [6.07, 6.45) is 2.48. The van der Waals surface area contributed by atoms with Crippen LogP contribution in [0.5, 0.6) is 0 Å². The Labute approximate surface area is 109 Å². The average molecular weight is 244 g/mol. The second kappa shape index (κ2) is 6.20. The van der Waals surface area contributed by atoms with Crippen LogP contribution in [0, 0.1) is 11.3 Å². The van der Waals surface area contributed by atoms with Gasteiger partial charge in [0.05, 0.1) is 11.5 Å². The Kier molecular flexibility index (Phi) is 4.91. The molecule has 3 heteroatoms. The van der Waals surface area contributed by atoms with Gasteiger partial charge in [-0.3, -0.25) is 4.79 Å². The summed E-state index contributed by atoms with van der Waals surface area (Å²) in [4.78, 5) is 11.5. The highest BCUT2D eigenvalue weighted by molar-refractivity contribution is 5.90. The highest BCUT2D eigenvalue weighted by atomic mass is 16.1. The number of carbonyl (C=O) groups excluding carboxylic acids is 1. The molecular formula is C15H20N2O. The maximum absolute atomic E-state index is 11.5. The monoisotopic (exact) mass is 244 g/mol. The summed E-state index contributed by atoms with van der Waals surface area (Å²) in [5, 5.41) is 11.9. The number of unbranched alkanes of at least 4 members (excludes halogenated alkanes) is 1. The van der Waals surface area contributed by atoms with Gasteiger partial charge in [-0.1, -0.05) is 25.5 Å². The molecule has 0 saturated carbocycles. The number of anilines is 1. The van der Waals surface area contributed by atoms with E-state index in [0.29, 0.717) is 6.42 Å². The Bertz CT molecular complexity index is 441. The van der Waals surface area contributed by atoms with E-state index in [2.05, 4.69) is 18.3 Å². The van der Waals surface area contributed by atoms with Crippen molar-refractivity contribution in [1.29, 1.82) is 5.26 Å². The van der Waals surface area contributed by atoms with Gasteiger partial charge >= 0.3 is 0 Å². The minimum Gasteiger partial charge on any atom is -0.326 e. The average Bonchev–Trinajstić information content (AvgIpc) is 2.37. The van der Waals surface area contributed by atoms with Crippen LogP contribution >= 0.6 is 0 Å². The number of rotatable bonds is 5. The van der Waals surface area contributed by atoms with Crippen LogP contribution in [0.3, 0.4) is 0 Å². The molecule has 1 aromatic carbocycles. The van der Waals surface area contributed by atoms with Crippen molar-refractivity contribution in [2.45, 2.75) is 45.4 Å². The number of nitriles is 1. The largest absolute Gasteiger partial charge is 0.326 e. The maximum atomic E-state index is 11.5. The van der Waals surface area contributed by atoms with Gasteiger partial charge < -0.3 is 5.32 Å². The summed E-state index contributed by atoms with van der Waals surface area (Å²) in [6, 6.07) is 9.72. The minimum atomic E-state index is -0.495. The zero-order valence-corrected chi connectivity index (χ0v) is 11.3. The zero-order chi connectivity index (χ0) is 13.6. The Balaban J connectivity index is 2.67. The fourth-order valence-electron chi connectivity index (χ4n) is 1.60. The Morgan fingerprint density at radius 3 is 2.44 bits per heavy atom. The zero-order valence-electron chi connectivity index (χ0n) is 11.3. The van der Waals surface area contributed by atoms with Crippen molar-refractivity contribution in [3.63, 3.8) is 0 Å². The van der Waals surface area contributed by atoms with Crippen LogP contribution in [0.15, 0.2) is 24.3 Å². The standard InChI is InChI=1S/C15H20N2O/c1-4-5-6-14(18)17-13-9-7-12(8-10-13)15(2,3)11-16/h7-10H,4-6H2,1-3H3,(H,17,18). The molecule has 0 bridgehead atoms. The third-order valence-corrected chi connectivity index (χ3v) is 2.93. The van der Waals surface area contributed by atoms with E-state index in [1.807, 2.05) is 38.1 Å². The van der Waals surface area contributed by atoms with Crippen molar-refractivity contribution >= 4 is 11.6 Å². The second-order valence-corrected chi connectivity index (χ2v) is 4.97. The molecule has 0 fully saturated rings. The van der Waals surface area contributed by atoms with E-state index < -0.39 is 5.41 Å². The van der Waals surface area contributed by atoms with Gasteiger partial charge in [0.25, 0.3) is 0 Å². The molecule has 0 aliphatic heterocycles. The fourth-order valence-corrected chi connectivity index (χ4v) is 1.60. The van der Waals surface area contributed by atoms with Crippen molar-refractivity contribution in [3.8, 4) is 6.07 Å². The quantitative estimate of drug-likeness (QED) is 0.860. The number of hydrogen-bond acceptors (Lipinski definition) is 2. The lowest BCUT2D eigenvalue weighted by Crippen LogP contribution is -2.14. The van der Waals surface area contributed by atoms with Crippen molar-refractivity contribution in [2.75, 3.05) is 5.32 Å². The lowest BCUT2D eigenvalue weighted by molar-refractivity contribution is -0.116. The first kappa shape index (κ1) is 14.2. The molecule has 0 aliphatic rings. The molecule has 1 rings (SSSR count). The number of nitrogens with zero attached hydrogens (tertiary/aromatic N) is 1. The Morgan fingerprint density at radius 1 is 1.33 bits per heavy atom. The summed E-state index contributed by atoms with van der Waals surface area (Å²) < 4.78 is 0. The highest BCUT2D eigenvalue weighted by Crippen LogP contribution is 2.23. The topological polar surface area (TPSA) is 52.9 Å². The van der Waals surface area contributed by atoms with Crippen molar-refractivity contribution in [2.24, 2.45) is 0 Å².